The number of hydrogen-bond donors (Lipinski definition) is 2. The number of rotatable bonds is 8. The zero-order valence-electron chi connectivity index (χ0n) is 20.0. The van der Waals surface area contributed by atoms with E-state index in [1.165, 1.54) is 23.7 Å². The molecule has 0 radical (unpaired) electrons. The molecule has 0 spiro atoms. The van der Waals surface area contributed by atoms with E-state index in [1.54, 1.807) is 18.3 Å². The molecule has 192 valence electrons. The Labute approximate surface area is 206 Å². The predicted molar refractivity (Wildman–Crippen MR) is 127 cm³/mol. The highest BCUT2D eigenvalue weighted by Gasteiger charge is 2.39. The Bertz CT molecular complexity index is 1210. The largest absolute Gasteiger partial charge is 0.444 e. The number of carbonyl (C=O) groups is 1. The molecular weight excluding hydrogens is 473 g/mol. The molecule has 3 aromatic heterocycles. The first kappa shape index (κ1) is 24.3. The van der Waals surface area contributed by atoms with Crippen LogP contribution < -0.4 is 10.6 Å². The van der Waals surface area contributed by atoms with Gasteiger partial charge in [-0.05, 0) is 62.5 Å². The number of amides is 1. The number of nitrogens with one attached hydrogen (secondary N) is 2. The maximum absolute atomic E-state index is 13.7. The summed E-state index contributed by atoms with van der Waals surface area (Å²) in [6.45, 7) is 2.97. The minimum atomic E-state index is -4.70. The topological polar surface area (TPSA) is 97.9 Å². The Morgan fingerprint density at radius 2 is 1.92 bits per heavy atom. The molecule has 0 aromatic carbocycles. The lowest BCUT2D eigenvalue weighted by Crippen LogP contribution is -2.19. The van der Waals surface area contributed by atoms with Gasteiger partial charge in [0, 0.05) is 24.5 Å². The van der Waals surface area contributed by atoms with Gasteiger partial charge in [0.2, 0.25) is 5.89 Å². The van der Waals surface area contributed by atoms with Crippen molar-refractivity contribution in [1.82, 2.24) is 19.7 Å². The summed E-state index contributed by atoms with van der Waals surface area (Å²) in [6.07, 6.45) is 6.24. The molecule has 0 atom stereocenters. The Kier molecular flexibility index (Phi) is 6.72. The van der Waals surface area contributed by atoms with Gasteiger partial charge in [-0.3, -0.25) is 9.48 Å². The van der Waals surface area contributed by atoms with E-state index < -0.39 is 17.8 Å². The number of halogens is 3. The predicted octanol–water partition coefficient (Wildman–Crippen LogP) is 6.17. The van der Waals surface area contributed by atoms with E-state index in [1.807, 2.05) is 0 Å². The Morgan fingerprint density at radius 3 is 2.61 bits per heavy atom. The van der Waals surface area contributed by atoms with Crippen molar-refractivity contribution >= 4 is 17.4 Å². The van der Waals surface area contributed by atoms with Crippen LogP contribution in [-0.4, -0.2) is 32.2 Å². The first-order valence-electron chi connectivity index (χ1n) is 12.4. The van der Waals surface area contributed by atoms with E-state index in [0.717, 1.165) is 44.9 Å². The summed E-state index contributed by atoms with van der Waals surface area (Å²) in [5.41, 5.74) is -1.02. The lowest BCUT2D eigenvalue weighted by atomic mass is 9.85. The van der Waals surface area contributed by atoms with Gasteiger partial charge in [0.25, 0.3) is 5.91 Å². The second kappa shape index (κ2) is 9.94. The summed E-state index contributed by atoms with van der Waals surface area (Å²) < 4.78 is 47.9. The number of nitrogens with zero attached hydrogens (tertiary/aromatic N) is 4. The molecule has 1 amide bonds. The molecular formula is C25H29F3N6O2. The molecule has 3 heterocycles. The number of anilines is 2. The summed E-state index contributed by atoms with van der Waals surface area (Å²) in [5, 5.41) is 9.42. The van der Waals surface area contributed by atoms with Crippen LogP contribution in [0.4, 0.5) is 24.7 Å². The molecule has 11 heteroatoms. The average molecular weight is 503 g/mol. The molecule has 2 saturated carbocycles. The van der Waals surface area contributed by atoms with Gasteiger partial charge in [0.15, 0.2) is 11.4 Å². The average Bonchev–Trinajstić information content (AvgIpc) is 3.38. The molecule has 36 heavy (non-hydrogen) atoms. The van der Waals surface area contributed by atoms with Crippen molar-refractivity contribution in [2.45, 2.75) is 64.1 Å². The van der Waals surface area contributed by atoms with E-state index in [-0.39, 0.29) is 23.3 Å². The molecule has 2 N–H and O–H groups in total. The minimum Gasteiger partial charge on any atom is -0.444 e. The third-order valence-electron chi connectivity index (χ3n) is 7.03. The van der Waals surface area contributed by atoms with Crippen LogP contribution in [0, 0.1) is 11.8 Å². The van der Waals surface area contributed by atoms with Crippen molar-refractivity contribution in [3.63, 3.8) is 0 Å². The fourth-order valence-electron chi connectivity index (χ4n) is 4.63. The summed E-state index contributed by atoms with van der Waals surface area (Å²) in [7, 11) is 0. The van der Waals surface area contributed by atoms with Gasteiger partial charge >= 0.3 is 6.18 Å². The number of oxazole rings is 1. The maximum Gasteiger partial charge on any atom is 0.437 e. The van der Waals surface area contributed by atoms with E-state index >= 15 is 0 Å². The number of hydrogen-bond acceptors (Lipinski definition) is 6. The number of aromatic nitrogens is 4. The van der Waals surface area contributed by atoms with Gasteiger partial charge in [-0.25, -0.2) is 9.97 Å². The van der Waals surface area contributed by atoms with Crippen molar-refractivity contribution in [1.29, 1.82) is 0 Å². The summed E-state index contributed by atoms with van der Waals surface area (Å²) in [4.78, 5) is 21.3. The van der Waals surface area contributed by atoms with E-state index in [4.69, 9.17) is 4.42 Å². The maximum atomic E-state index is 13.7. The van der Waals surface area contributed by atoms with Gasteiger partial charge in [0.05, 0.1) is 11.7 Å². The van der Waals surface area contributed by atoms with Crippen LogP contribution in [0.3, 0.4) is 0 Å². The van der Waals surface area contributed by atoms with E-state index in [0.29, 0.717) is 23.2 Å². The molecule has 0 saturated heterocycles. The second-order valence-corrected chi connectivity index (χ2v) is 9.70. The normalized spacial score (nSPS) is 20.3. The quantitative estimate of drug-likeness (QED) is 0.382. The number of alkyl halides is 3. The zero-order valence-corrected chi connectivity index (χ0v) is 20.0. The highest BCUT2D eigenvalue weighted by atomic mass is 19.4. The molecule has 2 aliphatic carbocycles. The first-order valence-corrected chi connectivity index (χ1v) is 12.4. The molecule has 2 aliphatic rings. The van der Waals surface area contributed by atoms with Crippen LogP contribution in [0.1, 0.15) is 74.1 Å². The van der Waals surface area contributed by atoms with E-state index in [9.17, 15) is 18.0 Å². The first-order chi connectivity index (χ1) is 17.3. The number of carbonyl (C=O) groups excluding carboxylic acids is 1. The zero-order chi connectivity index (χ0) is 25.3. The standard InChI is InChI=1S/C25H29F3N6O2/c1-2-15-5-7-18(8-6-15)34-13-19(22(33-34)25(26,27)28)31-23(35)20-14-36-24(32-20)17-9-10-29-21(11-17)30-12-16-3-4-16/h9-11,13-16,18H,2-8,12H2,1H3,(H,29,30)(H,31,35)/t15-,18-. The fraction of sp³-hybridized carbons (Fsp3) is 0.520. The lowest BCUT2D eigenvalue weighted by molar-refractivity contribution is -0.141. The van der Waals surface area contributed by atoms with Crippen LogP contribution in [0.15, 0.2) is 35.2 Å². The fourth-order valence-corrected chi connectivity index (χ4v) is 4.63. The molecule has 8 nitrogen and oxygen atoms in total. The van der Waals surface area contributed by atoms with Crippen molar-refractivity contribution in [3.05, 3.63) is 42.2 Å². The highest BCUT2D eigenvalue weighted by Crippen LogP contribution is 2.38. The van der Waals surface area contributed by atoms with Crippen LogP contribution in [-0.2, 0) is 6.18 Å². The Balaban J connectivity index is 1.30. The van der Waals surface area contributed by atoms with Crippen molar-refractivity contribution in [3.8, 4) is 11.5 Å². The minimum absolute atomic E-state index is 0.118. The molecule has 0 bridgehead atoms. The smallest absolute Gasteiger partial charge is 0.437 e. The number of pyridine rings is 1. The van der Waals surface area contributed by atoms with Crippen LogP contribution >= 0.6 is 0 Å². The van der Waals surface area contributed by atoms with Gasteiger partial charge < -0.3 is 15.1 Å². The van der Waals surface area contributed by atoms with Crippen molar-refractivity contribution < 1.29 is 22.4 Å². The summed E-state index contributed by atoms with van der Waals surface area (Å²) >= 11 is 0. The van der Waals surface area contributed by atoms with Crippen LogP contribution in [0.25, 0.3) is 11.5 Å². The highest BCUT2D eigenvalue weighted by molar-refractivity contribution is 6.03. The third-order valence-corrected chi connectivity index (χ3v) is 7.03. The van der Waals surface area contributed by atoms with Gasteiger partial charge in [-0.1, -0.05) is 13.3 Å². The molecule has 3 aromatic rings. The SMILES string of the molecule is CC[C@H]1CC[C@H](n2cc(NC(=O)c3coc(-c4ccnc(NCC5CC5)c4)n3)c(C(F)(F)F)n2)CC1. The molecule has 0 aliphatic heterocycles. The summed E-state index contributed by atoms with van der Waals surface area (Å²) in [6, 6.07) is 3.33. The van der Waals surface area contributed by atoms with Crippen molar-refractivity contribution in [2.75, 3.05) is 17.2 Å². The van der Waals surface area contributed by atoms with Crippen molar-refractivity contribution in [2.24, 2.45) is 11.8 Å². The monoisotopic (exact) mass is 502 g/mol. The second-order valence-electron chi connectivity index (χ2n) is 9.70. The van der Waals surface area contributed by atoms with Crippen LogP contribution in [0.2, 0.25) is 0 Å². The molecule has 2 fully saturated rings. The van der Waals surface area contributed by atoms with Gasteiger partial charge in [-0.2, -0.15) is 18.3 Å². The van der Waals surface area contributed by atoms with E-state index in [2.05, 4.69) is 32.6 Å². The summed E-state index contributed by atoms with van der Waals surface area (Å²) in [5.74, 6) is 1.32. The third kappa shape index (κ3) is 5.55. The van der Waals surface area contributed by atoms with Gasteiger partial charge in [0.1, 0.15) is 12.1 Å². The Hall–Kier alpha value is -3.37. The Morgan fingerprint density at radius 1 is 1.17 bits per heavy atom. The lowest BCUT2D eigenvalue weighted by Gasteiger charge is -2.27. The molecule has 5 rings (SSSR count). The van der Waals surface area contributed by atoms with Gasteiger partial charge in [-0.15, -0.1) is 0 Å². The molecule has 0 unspecified atom stereocenters. The van der Waals surface area contributed by atoms with Crippen LogP contribution in [0.5, 0.6) is 0 Å².